The van der Waals surface area contributed by atoms with Crippen molar-refractivity contribution in [2.24, 2.45) is 0 Å². The molecule has 2 aromatic heterocycles. The molecule has 2 heterocycles. The summed E-state index contributed by atoms with van der Waals surface area (Å²) in [5.41, 5.74) is 2.72. The van der Waals surface area contributed by atoms with Gasteiger partial charge in [-0.2, -0.15) is 9.78 Å². The maximum Gasteiger partial charge on any atom is 0.342 e. The fourth-order valence-electron chi connectivity index (χ4n) is 3.19. The summed E-state index contributed by atoms with van der Waals surface area (Å²) in [5.74, 6) is -0.0412. The topological polar surface area (TPSA) is 109 Å². The van der Waals surface area contributed by atoms with E-state index in [-0.39, 0.29) is 23.7 Å². The Morgan fingerprint density at radius 3 is 2.63 bits per heavy atom. The van der Waals surface area contributed by atoms with Crippen LogP contribution in [-0.4, -0.2) is 37.9 Å². The highest BCUT2D eigenvalue weighted by atomic mass is 16.3. The maximum atomic E-state index is 12.5. The molecule has 1 fully saturated rings. The van der Waals surface area contributed by atoms with Crippen LogP contribution < -0.4 is 10.6 Å². The van der Waals surface area contributed by atoms with Crippen LogP contribution in [0.15, 0.2) is 48.8 Å². The zero-order valence-electron chi connectivity index (χ0n) is 16.8. The molecule has 3 N–H and O–H groups in total. The molecule has 0 atom stereocenters. The number of anilines is 1. The Labute approximate surface area is 174 Å². The van der Waals surface area contributed by atoms with E-state index >= 15 is 0 Å². The minimum Gasteiger partial charge on any atom is -0.507 e. The summed E-state index contributed by atoms with van der Waals surface area (Å²) in [6, 6.07) is 9.73. The number of amides is 2. The summed E-state index contributed by atoms with van der Waals surface area (Å²) >= 11 is 0. The molecule has 1 saturated carbocycles. The fraction of sp³-hybridized carbons (Fsp3) is 0.273. The third kappa shape index (κ3) is 4.17. The third-order valence-electron chi connectivity index (χ3n) is 4.79. The predicted octanol–water partition coefficient (Wildman–Crippen LogP) is 3.75. The molecule has 1 aliphatic rings. The maximum absolute atomic E-state index is 12.5. The fourth-order valence-corrected chi connectivity index (χ4v) is 3.19. The minimum absolute atomic E-state index is 0.00619. The molecule has 1 aliphatic carbocycles. The highest BCUT2D eigenvalue weighted by molar-refractivity contribution is 6.04. The Balaban J connectivity index is 1.59. The van der Waals surface area contributed by atoms with Crippen molar-refractivity contribution in [3.05, 3.63) is 60.0 Å². The van der Waals surface area contributed by atoms with Crippen LogP contribution in [0.25, 0.3) is 11.3 Å². The van der Waals surface area contributed by atoms with Gasteiger partial charge in [0, 0.05) is 41.7 Å². The number of hydrogen-bond acceptors (Lipinski definition) is 5. The van der Waals surface area contributed by atoms with E-state index in [0.29, 0.717) is 28.4 Å². The Bertz CT molecular complexity index is 1090. The lowest BCUT2D eigenvalue weighted by Crippen LogP contribution is -2.35. The van der Waals surface area contributed by atoms with Gasteiger partial charge in [0.1, 0.15) is 5.75 Å². The second-order valence-electron chi connectivity index (χ2n) is 7.67. The van der Waals surface area contributed by atoms with Crippen molar-refractivity contribution in [2.75, 3.05) is 5.32 Å². The van der Waals surface area contributed by atoms with E-state index in [1.54, 1.807) is 30.5 Å². The van der Waals surface area contributed by atoms with Gasteiger partial charge in [0.15, 0.2) is 0 Å². The highest BCUT2D eigenvalue weighted by Gasteiger charge is 2.31. The summed E-state index contributed by atoms with van der Waals surface area (Å²) in [7, 11) is 0. The van der Waals surface area contributed by atoms with Crippen molar-refractivity contribution in [1.29, 1.82) is 0 Å². The van der Waals surface area contributed by atoms with Gasteiger partial charge in [-0.15, -0.1) is 0 Å². The third-order valence-corrected chi connectivity index (χ3v) is 4.79. The van der Waals surface area contributed by atoms with Crippen LogP contribution in [0.2, 0.25) is 0 Å². The second kappa shape index (κ2) is 7.98. The Hall–Kier alpha value is -3.68. The Morgan fingerprint density at radius 2 is 2.00 bits per heavy atom. The molecule has 8 nitrogen and oxygen atoms in total. The lowest BCUT2D eigenvalue weighted by atomic mass is 10.1. The molecule has 30 heavy (non-hydrogen) atoms. The second-order valence-corrected chi connectivity index (χ2v) is 7.67. The average molecular weight is 405 g/mol. The van der Waals surface area contributed by atoms with E-state index in [0.717, 1.165) is 18.5 Å². The number of nitrogens with zero attached hydrogens (tertiary/aromatic N) is 3. The highest BCUT2D eigenvalue weighted by Crippen LogP contribution is 2.42. The van der Waals surface area contributed by atoms with Crippen LogP contribution in [0.4, 0.5) is 10.5 Å². The molecule has 1 aromatic carbocycles. The zero-order chi connectivity index (χ0) is 21.3. The van der Waals surface area contributed by atoms with Crippen molar-refractivity contribution in [3.63, 3.8) is 0 Å². The molecule has 0 bridgehead atoms. The number of carbonyl (C=O) groups is 2. The number of aromatic nitrogens is 3. The van der Waals surface area contributed by atoms with E-state index < -0.39 is 0 Å². The SMILES string of the molecule is CC(C)NC(=O)n1nc(-c2ccc(NC(=O)c3cccnc3)cc2O)cc1C1CC1. The first-order valence-electron chi connectivity index (χ1n) is 9.88. The molecule has 154 valence electrons. The van der Waals surface area contributed by atoms with E-state index in [1.807, 2.05) is 19.9 Å². The quantitative estimate of drug-likeness (QED) is 0.599. The first-order valence-corrected chi connectivity index (χ1v) is 9.88. The van der Waals surface area contributed by atoms with Crippen molar-refractivity contribution in [3.8, 4) is 17.0 Å². The van der Waals surface area contributed by atoms with Gasteiger partial charge in [-0.25, -0.2) is 4.79 Å². The van der Waals surface area contributed by atoms with Crippen LogP contribution in [0, 0.1) is 0 Å². The van der Waals surface area contributed by atoms with Crippen LogP contribution in [0.1, 0.15) is 48.7 Å². The summed E-state index contributed by atoms with van der Waals surface area (Å²) in [6.45, 7) is 3.78. The van der Waals surface area contributed by atoms with E-state index in [4.69, 9.17) is 0 Å². The number of pyridine rings is 1. The van der Waals surface area contributed by atoms with Gasteiger partial charge in [-0.1, -0.05) is 0 Å². The number of nitrogens with one attached hydrogen (secondary N) is 2. The van der Waals surface area contributed by atoms with Gasteiger partial charge in [-0.3, -0.25) is 9.78 Å². The molecule has 0 unspecified atom stereocenters. The summed E-state index contributed by atoms with van der Waals surface area (Å²) in [4.78, 5) is 28.7. The molecule has 4 rings (SSSR count). The largest absolute Gasteiger partial charge is 0.507 e. The van der Waals surface area contributed by atoms with Crippen LogP contribution in [0.3, 0.4) is 0 Å². The van der Waals surface area contributed by atoms with Crippen molar-refractivity contribution in [2.45, 2.75) is 38.6 Å². The Kier molecular flexibility index (Phi) is 5.22. The van der Waals surface area contributed by atoms with E-state index in [2.05, 4.69) is 20.7 Å². The molecule has 3 aromatic rings. The zero-order valence-corrected chi connectivity index (χ0v) is 16.8. The molecule has 0 radical (unpaired) electrons. The number of phenolic OH excluding ortho intramolecular Hbond substituents is 1. The van der Waals surface area contributed by atoms with Crippen LogP contribution in [-0.2, 0) is 0 Å². The van der Waals surface area contributed by atoms with Gasteiger partial charge in [-0.05, 0) is 57.0 Å². The van der Waals surface area contributed by atoms with Crippen LogP contribution >= 0.6 is 0 Å². The first kappa shape index (κ1) is 19.6. The number of aromatic hydroxyl groups is 1. The smallest absolute Gasteiger partial charge is 0.342 e. The lowest BCUT2D eigenvalue weighted by molar-refractivity contribution is 0.102. The standard InChI is InChI=1S/C22H23N5O3/c1-13(2)24-22(30)27-19(14-5-6-14)11-18(26-27)17-8-7-16(10-20(17)28)25-21(29)15-4-3-9-23-12-15/h3-4,7-14,28H,5-6H2,1-2H3,(H,24,30)(H,25,29). The normalized spacial score (nSPS) is 13.3. The van der Waals surface area contributed by atoms with Gasteiger partial charge in [0.2, 0.25) is 0 Å². The number of rotatable bonds is 5. The lowest BCUT2D eigenvalue weighted by Gasteiger charge is -2.10. The minimum atomic E-state index is -0.319. The van der Waals surface area contributed by atoms with Crippen molar-refractivity contribution >= 4 is 17.6 Å². The molecule has 0 aliphatic heterocycles. The molecule has 0 saturated heterocycles. The van der Waals surface area contributed by atoms with E-state index in [1.165, 1.54) is 16.9 Å². The first-order chi connectivity index (χ1) is 14.4. The molecule has 0 spiro atoms. The van der Waals surface area contributed by atoms with Crippen molar-refractivity contribution in [1.82, 2.24) is 20.1 Å². The average Bonchev–Trinajstić information content (AvgIpc) is 3.47. The van der Waals surface area contributed by atoms with Gasteiger partial charge < -0.3 is 15.7 Å². The number of hydrogen-bond donors (Lipinski definition) is 3. The molecule has 8 heteroatoms. The van der Waals surface area contributed by atoms with Gasteiger partial charge in [0.25, 0.3) is 5.91 Å². The van der Waals surface area contributed by atoms with Crippen LogP contribution in [0.5, 0.6) is 5.75 Å². The van der Waals surface area contributed by atoms with Crippen molar-refractivity contribution < 1.29 is 14.7 Å². The summed E-state index contributed by atoms with van der Waals surface area (Å²) in [6.07, 6.45) is 5.10. The summed E-state index contributed by atoms with van der Waals surface area (Å²) in [5, 5.41) is 20.6. The number of carbonyl (C=O) groups excluding carboxylic acids is 2. The molecule has 2 amide bonds. The molecular weight excluding hydrogens is 382 g/mol. The van der Waals surface area contributed by atoms with E-state index in [9.17, 15) is 14.7 Å². The monoisotopic (exact) mass is 405 g/mol. The van der Waals surface area contributed by atoms with Gasteiger partial charge >= 0.3 is 6.03 Å². The Morgan fingerprint density at radius 1 is 1.20 bits per heavy atom. The molecular formula is C22H23N5O3. The summed E-state index contributed by atoms with van der Waals surface area (Å²) < 4.78 is 1.39. The predicted molar refractivity (Wildman–Crippen MR) is 113 cm³/mol. The number of benzene rings is 1. The van der Waals surface area contributed by atoms with Gasteiger partial charge in [0.05, 0.1) is 17.0 Å². The number of phenols is 1.